The van der Waals surface area contributed by atoms with E-state index < -0.39 is 0 Å². The minimum atomic E-state index is 0.465. The molecular formula is C13H16BrN3OS. The number of methoxy groups -OCH3 is 1. The van der Waals surface area contributed by atoms with E-state index in [1.165, 1.54) is 0 Å². The molecule has 0 unspecified atom stereocenters. The zero-order chi connectivity index (χ0) is 14.3. The summed E-state index contributed by atoms with van der Waals surface area (Å²) in [7, 11) is 1.63. The first-order valence-corrected chi connectivity index (χ1v) is 6.81. The van der Waals surface area contributed by atoms with E-state index in [0.29, 0.717) is 11.7 Å². The Morgan fingerprint density at radius 2 is 2.32 bits per heavy atom. The summed E-state index contributed by atoms with van der Waals surface area (Å²) in [4.78, 5) is 0. The van der Waals surface area contributed by atoms with Gasteiger partial charge in [0.25, 0.3) is 0 Å². The predicted molar refractivity (Wildman–Crippen MR) is 86.8 cm³/mol. The second kappa shape index (κ2) is 7.91. The van der Waals surface area contributed by atoms with Crippen molar-refractivity contribution in [2.75, 3.05) is 13.7 Å². The molecule has 4 nitrogen and oxygen atoms in total. The van der Waals surface area contributed by atoms with Gasteiger partial charge in [-0.15, -0.1) is 6.58 Å². The molecule has 0 atom stereocenters. The van der Waals surface area contributed by atoms with Crippen LogP contribution in [0.5, 0.6) is 5.75 Å². The van der Waals surface area contributed by atoms with E-state index >= 15 is 0 Å². The summed E-state index contributed by atoms with van der Waals surface area (Å²) >= 11 is 8.49. The van der Waals surface area contributed by atoms with Crippen LogP contribution in [0.25, 0.3) is 0 Å². The topological polar surface area (TPSA) is 45.7 Å². The highest BCUT2D eigenvalue weighted by molar-refractivity contribution is 9.10. The molecule has 0 saturated heterocycles. The van der Waals surface area contributed by atoms with Gasteiger partial charge in [0.1, 0.15) is 5.75 Å². The number of halogens is 1. The first-order chi connectivity index (χ1) is 9.08. The Morgan fingerprint density at radius 1 is 1.58 bits per heavy atom. The molecule has 0 fully saturated rings. The van der Waals surface area contributed by atoms with Gasteiger partial charge in [-0.05, 0) is 58.8 Å². The average Bonchev–Trinajstić information content (AvgIpc) is 2.42. The average molecular weight is 342 g/mol. The molecule has 1 aromatic carbocycles. The third-order valence-corrected chi connectivity index (χ3v) is 3.16. The maximum atomic E-state index is 5.18. The van der Waals surface area contributed by atoms with Gasteiger partial charge < -0.3 is 10.1 Å². The molecule has 2 N–H and O–H groups in total. The van der Waals surface area contributed by atoms with Crippen LogP contribution < -0.4 is 15.5 Å². The second-order valence-corrected chi connectivity index (χ2v) is 4.92. The van der Waals surface area contributed by atoms with Crippen LogP contribution in [0.2, 0.25) is 0 Å². The van der Waals surface area contributed by atoms with Crippen molar-refractivity contribution in [1.82, 2.24) is 10.7 Å². The predicted octanol–water partition coefficient (Wildman–Crippen LogP) is 2.83. The van der Waals surface area contributed by atoms with Gasteiger partial charge in [-0.1, -0.05) is 6.08 Å². The number of nitrogens with one attached hydrogen (secondary N) is 2. The summed E-state index contributed by atoms with van der Waals surface area (Å²) in [6.07, 6.45) is 1.73. The first-order valence-electron chi connectivity index (χ1n) is 5.61. The molecule has 0 bridgehead atoms. The fraction of sp³-hybridized carbons (Fsp3) is 0.231. The van der Waals surface area contributed by atoms with Gasteiger partial charge in [-0.25, -0.2) is 0 Å². The lowest BCUT2D eigenvalue weighted by Crippen LogP contribution is -2.32. The van der Waals surface area contributed by atoms with Gasteiger partial charge >= 0.3 is 0 Å². The van der Waals surface area contributed by atoms with Crippen LogP contribution in [0.3, 0.4) is 0 Å². The van der Waals surface area contributed by atoms with Crippen molar-refractivity contribution in [2.24, 2.45) is 5.10 Å². The van der Waals surface area contributed by atoms with Crippen molar-refractivity contribution in [3.05, 3.63) is 40.9 Å². The van der Waals surface area contributed by atoms with Gasteiger partial charge in [0.2, 0.25) is 0 Å². The standard InChI is InChI=1S/C13H16BrN3OS/c1-4-7-15-13(19)17-16-9(2)10-5-6-12(18-3)11(14)8-10/h4-6,8H,1,7H2,2-3H3,(H2,15,17,19)/b16-9+. The molecule has 0 aliphatic heterocycles. The molecule has 1 rings (SSSR count). The third-order valence-electron chi connectivity index (χ3n) is 2.30. The Hall–Kier alpha value is -1.40. The van der Waals surface area contributed by atoms with Crippen molar-refractivity contribution in [1.29, 1.82) is 0 Å². The number of benzene rings is 1. The van der Waals surface area contributed by atoms with Gasteiger partial charge in [-0.3, -0.25) is 5.43 Å². The van der Waals surface area contributed by atoms with E-state index in [2.05, 4.69) is 38.4 Å². The molecule has 0 heterocycles. The maximum absolute atomic E-state index is 5.18. The van der Waals surface area contributed by atoms with Crippen LogP contribution in [-0.4, -0.2) is 24.5 Å². The largest absolute Gasteiger partial charge is 0.496 e. The SMILES string of the molecule is C=CCNC(=S)N/N=C(\C)c1ccc(OC)c(Br)c1. The van der Waals surface area contributed by atoms with Crippen molar-refractivity contribution in [3.63, 3.8) is 0 Å². The maximum Gasteiger partial charge on any atom is 0.187 e. The number of hydrazone groups is 1. The number of hydrogen-bond donors (Lipinski definition) is 2. The summed E-state index contributed by atoms with van der Waals surface area (Å²) in [5, 5.41) is 7.61. The van der Waals surface area contributed by atoms with Gasteiger partial charge in [0.05, 0.1) is 17.3 Å². The van der Waals surface area contributed by atoms with E-state index in [1.54, 1.807) is 13.2 Å². The fourth-order valence-electron chi connectivity index (χ4n) is 1.30. The van der Waals surface area contributed by atoms with E-state index in [9.17, 15) is 0 Å². The molecule has 6 heteroatoms. The number of ether oxygens (including phenoxy) is 1. The van der Waals surface area contributed by atoms with E-state index in [1.807, 2.05) is 25.1 Å². The molecule has 0 aliphatic carbocycles. The number of hydrogen-bond acceptors (Lipinski definition) is 3. The third kappa shape index (κ3) is 5.00. The Bertz CT molecular complexity index is 503. The van der Waals surface area contributed by atoms with Crippen LogP contribution in [0, 0.1) is 0 Å². The molecule has 19 heavy (non-hydrogen) atoms. The van der Waals surface area contributed by atoms with Crippen LogP contribution in [0.4, 0.5) is 0 Å². The zero-order valence-corrected chi connectivity index (χ0v) is 13.3. The monoisotopic (exact) mass is 341 g/mol. The molecular weight excluding hydrogens is 326 g/mol. The van der Waals surface area contributed by atoms with E-state index in [0.717, 1.165) is 21.5 Å². The number of thiocarbonyl (C=S) groups is 1. The van der Waals surface area contributed by atoms with Crippen molar-refractivity contribution in [3.8, 4) is 5.75 Å². The lowest BCUT2D eigenvalue weighted by atomic mass is 10.1. The fourth-order valence-corrected chi connectivity index (χ4v) is 1.96. The Kier molecular flexibility index (Phi) is 6.52. The van der Waals surface area contributed by atoms with Crippen LogP contribution in [0.1, 0.15) is 12.5 Å². The van der Waals surface area contributed by atoms with Crippen molar-refractivity contribution < 1.29 is 4.74 Å². The molecule has 0 radical (unpaired) electrons. The van der Waals surface area contributed by atoms with E-state index in [-0.39, 0.29) is 0 Å². The minimum absolute atomic E-state index is 0.465. The molecule has 0 amide bonds. The first kappa shape index (κ1) is 15.7. The minimum Gasteiger partial charge on any atom is -0.496 e. The normalized spacial score (nSPS) is 10.8. The Labute approximate surface area is 127 Å². The van der Waals surface area contributed by atoms with Gasteiger partial charge in [0, 0.05) is 6.54 Å². The van der Waals surface area contributed by atoms with Gasteiger partial charge in [-0.2, -0.15) is 5.10 Å². The lowest BCUT2D eigenvalue weighted by molar-refractivity contribution is 0.412. The Balaban J connectivity index is 2.71. The summed E-state index contributed by atoms with van der Waals surface area (Å²) in [6.45, 7) is 6.10. The molecule has 0 aromatic heterocycles. The number of rotatable bonds is 5. The molecule has 1 aromatic rings. The van der Waals surface area contributed by atoms with Crippen molar-refractivity contribution in [2.45, 2.75) is 6.92 Å². The molecule has 0 aliphatic rings. The van der Waals surface area contributed by atoms with Crippen LogP contribution in [-0.2, 0) is 0 Å². The highest BCUT2D eigenvalue weighted by atomic mass is 79.9. The van der Waals surface area contributed by atoms with Gasteiger partial charge in [0.15, 0.2) is 5.11 Å². The zero-order valence-electron chi connectivity index (χ0n) is 10.9. The van der Waals surface area contributed by atoms with Crippen molar-refractivity contribution >= 4 is 39.0 Å². The number of nitrogens with zero attached hydrogens (tertiary/aromatic N) is 1. The highest BCUT2D eigenvalue weighted by Crippen LogP contribution is 2.25. The molecule has 0 saturated carbocycles. The van der Waals surface area contributed by atoms with E-state index in [4.69, 9.17) is 17.0 Å². The quantitative estimate of drug-likeness (QED) is 0.374. The summed E-state index contributed by atoms with van der Waals surface area (Å²) in [5.74, 6) is 0.785. The second-order valence-electron chi connectivity index (χ2n) is 3.66. The molecule has 102 valence electrons. The highest BCUT2D eigenvalue weighted by Gasteiger charge is 2.03. The summed E-state index contributed by atoms with van der Waals surface area (Å²) in [6, 6.07) is 5.76. The smallest absolute Gasteiger partial charge is 0.187 e. The molecule has 0 spiro atoms. The summed E-state index contributed by atoms with van der Waals surface area (Å²) < 4.78 is 6.06. The lowest BCUT2D eigenvalue weighted by Gasteiger charge is -2.08. The van der Waals surface area contributed by atoms with Crippen LogP contribution in [0.15, 0.2) is 40.4 Å². The Morgan fingerprint density at radius 3 is 2.89 bits per heavy atom. The van der Waals surface area contributed by atoms with Crippen LogP contribution >= 0.6 is 28.1 Å². The summed E-state index contributed by atoms with van der Waals surface area (Å²) in [5.41, 5.74) is 4.58.